The first-order valence-corrected chi connectivity index (χ1v) is 5.81. The number of carbonyl (C=O) groups excluding carboxylic acids is 1. The molecule has 1 heterocycles. The zero-order chi connectivity index (χ0) is 13.5. The van der Waals surface area contributed by atoms with E-state index in [0.717, 1.165) is 5.56 Å². The van der Waals surface area contributed by atoms with Crippen molar-refractivity contribution in [2.24, 2.45) is 5.73 Å². The maximum absolute atomic E-state index is 12.0. The number of nitrogens with two attached hydrogens (primary N) is 1. The van der Waals surface area contributed by atoms with Gasteiger partial charge >= 0.3 is 0 Å². The van der Waals surface area contributed by atoms with E-state index >= 15 is 0 Å². The molecule has 0 aliphatic rings. The predicted octanol–water partition coefficient (Wildman–Crippen LogP) is 1.64. The van der Waals surface area contributed by atoms with Gasteiger partial charge in [0.2, 0.25) is 0 Å². The molecule has 0 spiro atoms. The van der Waals surface area contributed by atoms with Gasteiger partial charge in [0.25, 0.3) is 5.91 Å². The van der Waals surface area contributed by atoms with Gasteiger partial charge in [0, 0.05) is 11.8 Å². The maximum atomic E-state index is 12.0. The van der Waals surface area contributed by atoms with Gasteiger partial charge in [-0.3, -0.25) is 9.78 Å². The van der Waals surface area contributed by atoms with Gasteiger partial charge in [-0.15, -0.1) is 0 Å². The van der Waals surface area contributed by atoms with Crippen LogP contribution in [0.25, 0.3) is 0 Å². The Hall–Kier alpha value is -2.64. The van der Waals surface area contributed by atoms with Gasteiger partial charge < -0.3 is 11.1 Å². The Morgan fingerprint density at radius 3 is 2.74 bits per heavy atom. The summed E-state index contributed by atoms with van der Waals surface area (Å²) in [6.45, 7) is 0.280. The molecule has 2 aromatic rings. The van der Waals surface area contributed by atoms with Crippen LogP contribution in [0.1, 0.15) is 16.1 Å². The first kappa shape index (κ1) is 12.8. The van der Waals surface area contributed by atoms with Gasteiger partial charge in [0.15, 0.2) is 0 Å². The normalized spacial score (nSPS) is 9.32. The number of hydrogen-bond donors (Lipinski definition) is 2. The summed E-state index contributed by atoms with van der Waals surface area (Å²) < 4.78 is 0. The minimum atomic E-state index is -0.261. The van der Waals surface area contributed by atoms with Gasteiger partial charge in [-0.25, -0.2) is 0 Å². The molecule has 19 heavy (non-hydrogen) atoms. The topological polar surface area (TPSA) is 68.0 Å². The Labute approximate surface area is 111 Å². The molecule has 2 rings (SSSR count). The third-order valence-corrected chi connectivity index (χ3v) is 2.40. The first-order chi connectivity index (χ1) is 9.31. The van der Waals surface area contributed by atoms with Crippen molar-refractivity contribution in [2.75, 3.05) is 11.9 Å². The minimum Gasteiger partial charge on any atom is -0.320 e. The number of anilines is 1. The van der Waals surface area contributed by atoms with E-state index in [1.54, 1.807) is 30.5 Å². The molecular formula is C15H13N3O. The fourth-order valence-electron chi connectivity index (χ4n) is 1.53. The van der Waals surface area contributed by atoms with Crippen molar-refractivity contribution < 1.29 is 4.79 Å². The smallest absolute Gasteiger partial charge is 0.274 e. The number of para-hydroxylation sites is 1. The molecule has 0 atom stereocenters. The molecule has 3 N–H and O–H groups in total. The van der Waals surface area contributed by atoms with Gasteiger partial charge in [0.05, 0.1) is 12.2 Å². The highest BCUT2D eigenvalue weighted by Gasteiger charge is 2.08. The van der Waals surface area contributed by atoms with Crippen LogP contribution >= 0.6 is 0 Å². The number of hydrogen-bond acceptors (Lipinski definition) is 3. The highest BCUT2D eigenvalue weighted by molar-refractivity contribution is 6.03. The summed E-state index contributed by atoms with van der Waals surface area (Å²) in [4.78, 5) is 16.0. The van der Waals surface area contributed by atoms with Crippen LogP contribution in [0.3, 0.4) is 0 Å². The molecule has 0 radical (unpaired) electrons. The van der Waals surface area contributed by atoms with Crippen molar-refractivity contribution in [3.8, 4) is 11.8 Å². The molecule has 4 heteroatoms. The summed E-state index contributed by atoms with van der Waals surface area (Å²) in [5.74, 6) is 5.43. The van der Waals surface area contributed by atoms with Crippen LogP contribution < -0.4 is 11.1 Å². The average molecular weight is 251 g/mol. The Bertz CT molecular complexity index is 627. The molecule has 0 aliphatic heterocycles. The fourth-order valence-corrected chi connectivity index (χ4v) is 1.53. The van der Waals surface area contributed by atoms with Crippen LogP contribution in [0.4, 0.5) is 5.69 Å². The summed E-state index contributed by atoms with van der Waals surface area (Å²) >= 11 is 0. The lowest BCUT2D eigenvalue weighted by Crippen LogP contribution is -2.14. The third-order valence-electron chi connectivity index (χ3n) is 2.40. The van der Waals surface area contributed by atoms with Crippen LogP contribution in [-0.4, -0.2) is 17.4 Å². The lowest BCUT2D eigenvalue weighted by molar-refractivity contribution is 0.102. The van der Waals surface area contributed by atoms with E-state index in [9.17, 15) is 4.79 Å². The summed E-state index contributed by atoms with van der Waals surface area (Å²) in [5, 5.41) is 2.79. The largest absolute Gasteiger partial charge is 0.320 e. The Morgan fingerprint density at radius 1 is 1.21 bits per heavy atom. The number of carbonyl (C=O) groups is 1. The van der Waals surface area contributed by atoms with Crippen molar-refractivity contribution in [3.63, 3.8) is 0 Å². The molecular weight excluding hydrogens is 238 g/mol. The molecule has 1 aromatic heterocycles. The number of nitrogens with zero attached hydrogens (tertiary/aromatic N) is 1. The van der Waals surface area contributed by atoms with Crippen LogP contribution in [0.2, 0.25) is 0 Å². The second-order valence-corrected chi connectivity index (χ2v) is 3.72. The molecule has 1 amide bonds. The maximum Gasteiger partial charge on any atom is 0.274 e. The van der Waals surface area contributed by atoms with Gasteiger partial charge in [-0.1, -0.05) is 30.0 Å². The molecule has 0 saturated heterocycles. The third kappa shape index (κ3) is 3.41. The van der Waals surface area contributed by atoms with E-state index < -0.39 is 0 Å². The van der Waals surface area contributed by atoms with E-state index in [1.165, 1.54) is 0 Å². The monoisotopic (exact) mass is 251 g/mol. The van der Waals surface area contributed by atoms with Crippen molar-refractivity contribution in [1.82, 2.24) is 4.98 Å². The van der Waals surface area contributed by atoms with Gasteiger partial charge in [-0.2, -0.15) is 0 Å². The average Bonchev–Trinajstić information content (AvgIpc) is 2.47. The zero-order valence-electron chi connectivity index (χ0n) is 10.3. The Kier molecular flexibility index (Phi) is 4.27. The SMILES string of the molecule is NCC#Cc1ccccc1NC(=O)c1ccccn1. The van der Waals surface area contributed by atoms with Gasteiger partial charge in [-0.05, 0) is 24.3 Å². The number of rotatable bonds is 2. The number of aromatic nitrogens is 1. The van der Waals surface area contributed by atoms with Crippen molar-refractivity contribution in [1.29, 1.82) is 0 Å². The molecule has 0 bridgehead atoms. The van der Waals surface area contributed by atoms with E-state index in [0.29, 0.717) is 11.4 Å². The highest BCUT2D eigenvalue weighted by Crippen LogP contribution is 2.14. The zero-order valence-corrected chi connectivity index (χ0v) is 10.3. The summed E-state index contributed by atoms with van der Waals surface area (Å²) in [5.41, 5.74) is 7.10. The van der Waals surface area contributed by atoms with E-state index in [1.807, 2.05) is 18.2 Å². The molecule has 1 aromatic carbocycles. The van der Waals surface area contributed by atoms with Crippen molar-refractivity contribution >= 4 is 11.6 Å². The molecule has 0 unspecified atom stereocenters. The van der Waals surface area contributed by atoms with E-state index in [4.69, 9.17) is 5.73 Å². The standard InChI is InChI=1S/C15H13N3O/c16-10-5-7-12-6-1-2-8-13(12)18-15(19)14-9-3-4-11-17-14/h1-4,6,8-9,11H,10,16H2,(H,18,19). The Balaban J connectivity index is 2.22. The molecule has 94 valence electrons. The minimum absolute atomic E-state index is 0.261. The van der Waals surface area contributed by atoms with Gasteiger partial charge in [0.1, 0.15) is 5.69 Å². The summed E-state index contributed by atoms with van der Waals surface area (Å²) in [6.07, 6.45) is 1.58. The highest BCUT2D eigenvalue weighted by atomic mass is 16.1. The van der Waals surface area contributed by atoms with Crippen LogP contribution in [0, 0.1) is 11.8 Å². The lowest BCUT2D eigenvalue weighted by atomic mass is 10.1. The van der Waals surface area contributed by atoms with Crippen LogP contribution in [-0.2, 0) is 0 Å². The number of nitrogens with one attached hydrogen (secondary N) is 1. The Morgan fingerprint density at radius 2 is 2.00 bits per heavy atom. The van der Waals surface area contributed by atoms with E-state index in [2.05, 4.69) is 22.1 Å². The summed E-state index contributed by atoms with van der Waals surface area (Å²) in [6, 6.07) is 12.5. The lowest BCUT2D eigenvalue weighted by Gasteiger charge is -2.06. The molecule has 0 aliphatic carbocycles. The number of amides is 1. The van der Waals surface area contributed by atoms with Crippen molar-refractivity contribution in [2.45, 2.75) is 0 Å². The molecule has 4 nitrogen and oxygen atoms in total. The molecule has 0 saturated carbocycles. The number of pyridine rings is 1. The molecule has 0 fully saturated rings. The fraction of sp³-hybridized carbons (Fsp3) is 0.0667. The summed E-state index contributed by atoms with van der Waals surface area (Å²) in [7, 11) is 0. The van der Waals surface area contributed by atoms with Crippen molar-refractivity contribution in [3.05, 3.63) is 59.9 Å². The number of benzene rings is 1. The quantitative estimate of drug-likeness (QED) is 0.797. The first-order valence-electron chi connectivity index (χ1n) is 5.81. The van der Waals surface area contributed by atoms with Crippen LogP contribution in [0.15, 0.2) is 48.7 Å². The van der Waals surface area contributed by atoms with E-state index in [-0.39, 0.29) is 12.5 Å². The second-order valence-electron chi connectivity index (χ2n) is 3.72. The van der Waals surface area contributed by atoms with Crippen LogP contribution in [0.5, 0.6) is 0 Å². The predicted molar refractivity (Wildman–Crippen MR) is 74.6 cm³/mol. The second kappa shape index (κ2) is 6.34.